The molecule has 0 heterocycles. The van der Waals surface area contributed by atoms with E-state index in [1.165, 1.54) is 12.1 Å². The molecule has 0 atom stereocenters. The summed E-state index contributed by atoms with van der Waals surface area (Å²) in [5.74, 6) is -2.62. The van der Waals surface area contributed by atoms with Crippen molar-refractivity contribution in [1.82, 2.24) is 0 Å². The molecule has 0 spiro atoms. The fourth-order valence-corrected chi connectivity index (χ4v) is 2.44. The average molecular weight is 364 g/mol. The summed E-state index contributed by atoms with van der Waals surface area (Å²) in [6, 6.07) is 6.91. The number of nitro benzene ring substituents is 1. The first-order chi connectivity index (χ1) is 11.6. The Kier molecular flexibility index (Phi) is 4.81. The van der Waals surface area contributed by atoms with Gasteiger partial charge >= 0.3 is 0 Å². The van der Waals surface area contributed by atoms with Crippen LogP contribution in [0.15, 0.2) is 47.4 Å². The van der Waals surface area contributed by atoms with Crippen molar-refractivity contribution in [2.24, 2.45) is 0 Å². The van der Waals surface area contributed by atoms with Crippen LogP contribution >= 0.6 is 0 Å². The molecule has 0 radical (unpaired) electrons. The molecule has 0 aliphatic carbocycles. The predicted octanol–water partition coefficient (Wildman–Crippen LogP) is 0.115. The molecule has 10 nitrogen and oxygen atoms in total. The Labute approximate surface area is 140 Å². The molecule has 25 heavy (non-hydrogen) atoms. The number of carboxylic acid groups (broad SMARTS) is 1. The van der Waals surface area contributed by atoms with E-state index in [1.807, 2.05) is 0 Å². The fraction of sp³-hybridized carbons (Fsp3) is 0. The zero-order valence-electron chi connectivity index (χ0n) is 12.2. The number of benzene rings is 2. The summed E-state index contributed by atoms with van der Waals surface area (Å²) < 4.78 is 33.2. The number of nitrogens with one attached hydrogen (secondary N) is 1. The average Bonchev–Trinajstić information content (AvgIpc) is 2.53. The summed E-state index contributed by atoms with van der Waals surface area (Å²) in [4.78, 5) is 32.1. The van der Waals surface area contributed by atoms with Gasteiger partial charge in [0.1, 0.15) is 10.1 Å². The van der Waals surface area contributed by atoms with Gasteiger partial charge < -0.3 is 19.8 Å². The van der Waals surface area contributed by atoms with Crippen molar-refractivity contribution >= 4 is 33.4 Å². The molecule has 0 saturated carbocycles. The van der Waals surface area contributed by atoms with Gasteiger partial charge in [0, 0.05) is 28.9 Å². The number of hydrogen-bond donors (Lipinski definition) is 1. The van der Waals surface area contributed by atoms with Crippen LogP contribution in [0.25, 0.3) is 0 Å². The number of aromatic carboxylic acids is 1. The number of carbonyl (C=O) groups is 2. The topological polar surface area (TPSA) is 170 Å². The highest BCUT2D eigenvalue weighted by Gasteiger charge is 2.13. The van der Waals surface area contributed by atoms with E-state index in [9.17, 15) is 37.8 Å². The van der Waals surface area contributed by atoms with Crippen molar-refractivity contribution in [3.8, 4) is 0 Å². The van der Waals surface area contributed by atoms with Gasteiger partial charge in [-0.25, -0.2) is 8.42 Å². The van der Waals surface area contributed by atoms with E-state index in [0.29, 0.717) is 6.07 Å². The van der Waals surface area contributed by atoms with Crippen LogP contribution in [0, 0.1) is 10.1 Å². The maximum Gasteiger partial charge on any atom is 0.270 e. The minimum Gasteiger partial charge on any atom is -0.744 e. The molecule has 1 N–H and O–H groups in total. The maximum atomic E-state index is 12.1. The van der Waals surface area contributed by atoms with Crippen LogP contribution in [-0.2, 0) is 10.1 Å². The maximum absolute atomic E-state index is 12.1. The van der Waals surface area contributed by atoms with E-state index in [0.717, 1.165) is 24.3 Å². The number of nitro groups is 1. The first-order valence-electron chi connectivity index (χ1n) is 6.46. The first kappa shape index (κ1) is 18.0. The molecule has 0 bridgehead atoms. The number of non-ortho nitro benzene ring substituents is 1. The lowest BCUT2D eigenvalue weighted by molar-refractivity contribution is -0.384. The molecule has 0 aromatic heterocycles. The smallest absolute Gasteiger partial charge is 0.270 e. The number of rotatable bonds is 5. The quantitative estimate of drug-likeness (QED) is 0.443. The largest absolute Gasteiger partial charge is 0.744 e. The van der Waals surface area contributed by atoms with Gasteiger partial charge in [-0.15, -0.1) is 0 Å². The molecule has 0 aliphatic rings. The minimum absolute atomic E-state index is 0.125. The third-order valence-electron chi connectivity index (χ3n) is 3.01. The number of hydrogen-bond acceptors (Lipinski definition) is 8. The fourth-order valence-electron chi connectivity index (χ4n) is 1.90. The third kappa shape index (κ3) is 4.37. The zero-order valence-corrected chi connectivity index (χ0v) is 13.0. The number of carboxylic acids is 1. The summed E-state index contributed by atoms with van der Waals surface area (Å²) in [5.41, 5.74) is -1.41. The Hall–Kier alpha value is -3.31. The summed E-state index contributed by atoms with van der Waals surface area (Å²) >= 11 is 0. The Bertz CT molecular complexity index is 984. The van der Waals surface area contributed by atoms with Gasteiger partial charge in [0.2, 0.25) is 0 Å². The van der Waals surface area contributed by atoms with Crippen LogP contribution in [0.5, 0.6) is 0 Å². The van der Waals surface area contributed by atoms with Crippen molar-refractivity contribution in [3.63, 3.8) is 0 Å². The third-order valence-corrected chi connectivity index (χ3v) is 3.82. The summed E-state index contributed by atoms with van der Waals surface area (Å²) in [5, 5.41) is 23.8. The summed E-state index contributed by atoms with van der Waals surface area (Å²) in [6.45, 7) is 0. The van der Waals surface area contributed by atoms with Crippen LogP contribution in [0.4, 0.5) is 11.4 Å². The highest BCUT2D eigenvalue weighted by molar-refractivity contribution is 7.85. The molecule has 0 unspecified atom stereocenters. The number of nitrogens with zero attached hydrogens (tertiary/aromatic N) is 1. The van der Waals surface area contributed by atoms with Gasteiger partial charge in [0.25, 0.3) is 11.6 Å². The second-order valence-electron chi connectivity index (χ2n) is 4.75. The standard InChI is InChI=1S/C14H10N2O8S/c17-13(8-2-1-3-11(5-8)16(20)21)15-10-4-9(14(18)19)6-12(7-10)25(22,23)24/h1-7H,(H,15,17)(H,18,19)(H,22,23,24)/p-2. The number of anilines is 1. The van der Waals surface area contributed by atoms with E-state index in [1.54, 1.807) is 0 Å². The predicted molar refractivity (Wildman–Crippen MR) is 79.8 cm³/mol. The van der Waals surface area contributed by atoms with Crippen molar-refractivity contribution in [2.75, 3.05) is 5.32 Å². The monoisotopic (exact) mass is 364 g/mol. The Morgan fingerprint density at radius 2 is 1.72 bits per heavy atom. The highest BCUT2D eigenvalue weighted by atomic mass is 32.2. The molecular formula is C14H8N2O8S-2. The van der Waals surface area contributed by atoms with Crippen molar-refractivity contribution in [3.05, 3.63) is 63.7 Å². The SMILES string of the molecule is O=C([O-])c1cc(NC(=O)c2cccc([N+](=O)[O-])c2)cc(S(=O)(=O)[O-])c1. The molecule has 0 aliphatic heterocycles. The van der Waals surface area contributed by atoms with Gasteiger partial charge in [-0.1, -0.05) is 6.07 Å². The van der Waals surface area contributed by atoms with Gasteiger partial charge in [-0.3, -0.25) is 14.9 Å². The lowest BCUT2D eigenvalue weighted by Crippen LogP contribution is -2.23. The Morgan fingerprint density at radius 3 is 2.28 bits per heavy atom. The van der Waals surface area contributed by atoms with Gasteiger partial charge in [0.15, 0.2) is 0 Å². The van der Waals surface area contributed by atoms with Crippen molar-refractivity contribution in [2.45, 2.75) is 4.90 Å². The van der Waals surface area contributed by atoms with Gasteiger partial charge in [-0.2, -0.15) is 0 Å². The summed E-state index contributed by atoms with van der Waals surface area (Å²) in [7, 11) is -4.98. The molecule has 2 rings (SSSR count). The van der Waals surface area contributed by atoms with Crippen molar-refractivity contribution in [1.29, 1.82) is 0 Å². The molecule has 0 fully saturated rings. The molecular weight excluding hydrogens is 356 g/mol. The minimum atomic E-state index is -4.98. The normalized spacial score (nSPS) is 10.9. The molecule has 130 valence electrons. The molecule has 2 aromatic rings. The Balaban J connectivity index is 2.41. The second-order valence-corrected chi connectivity index (χ2v) is 6.13. The van der Waals surface area contributed by atoms with Gasteiger partial charge in [0.05, 0.1) is 15.8 Å². The van der Waals surface area contributed by atoms with Crippen LogP contribution in [0.2, 0.25) is 0 Å². The summed E-state index contributed by atoms with van der Waals surface area (Å²) in [6.07, 6.45) is 0. The van der Waals surface area contributed by atoms with Crippen molar-refractivity contribution < 1.29 is 32.6 Å². The van der Waals surface area contributed by atoms with E-state index in [2.05, 4.69) is 5.32 Å². The lowest BCUT2D eigenvalue weighted by Gasteiger charge is -2.13. The van der Waals surface area contributed by atoms with E-state index in [4.69, 9.17) is 0 Å². The molecule has 1 amide bonds. The molecule has 2 aromatic carbocycles. The van der Waals surface area contributed by atoms with Crippen LogP contribution in [0.3, 0.4) is 0 Å². The lowest BCUT2D eigenvalue weighted by atomic mass is 10.1. The highest BCUT2D eigenvalue weighted by Crippen LogP contribution is 2.20. The first-order valence-corrected chi connectivity index (χ1v) is 7.87. The second kappa shape index (κ2) is 6.67. The van der Waals surface area contributed by atoms with Gasteiger partial charge in [-0.05, 0) is 24.3 Å². The van der Waals surface area contributed by atoms with Crippen LogP contribution in [0.1, 0.15) is 20.7 Å². The molecule has 11 heteroatoms. The Morgan fingerprint density at radius 1 is 1.04 bits per heavy atom. The molecule has 0 saturated heterocycles. The van der Waals surface area contributed by atoms with E-state index < -0.39 is 37.4 Å². The van der Waals surface area contributed by atoms with Crippen LogP contribution < -0.4 is 10.4 Å². The zero-order chi connectivity index (χ0) is 18.8. The number of carbonyl (C=O) groups excluding carboxylic acids is 2. The number of amides is 1. The van der Waals surface area contributed by atoms with Crippen LogP contribution in [-0.4, -0.2) is 29.8 Å². The van der Waals surface area contributed by atoms with E-state index >= 15 is 0 Å². The van der Waals surface area contributed by atoms with E-state index in [-0.39, 0.29) is 16.9 Å².